The Kier molecular flexibility index (Phi) is 4.17. The molecule has 1 N–H and O–H groups in total. The topological polar surface area (TPSA) is 49.4 Å². The third-order valence-corrected chi connectivity index (χ3v) is 3.63. The second kappa shape index (κ2) is 5.07. The molecule has 4 heteroatoms. The van der Waals surface area contributed by atoms with Crippen LogP contribution >= 0.6 is 0 Å². The normalized spacial score (nSPS) is 18.7. The Morgan fingerprint density at radius 2 is 1.82 bits per heavy atom. The molecule has 1 aliphatic carbocycles. The molecule has 1 saturated carbocycles. The highest BCUT2D eigenvalue weighted by atomic mass is 16.2. The van der Waals surface area contributed by atoms with E-state index in [1.165, 1.54) is 0 Å². The number of nitrogens with one attached hydrogen (secondary N) is 1. The van der Waals surface area contributed by atoms with Crippen molar-refractivity contribution in [1.29, 1.82) is 0 Å². The van der Waals surface area contributed by atoms with Crippen molar-refractivity contribution in [3.05, 3.63) is 0 Å². The number of hydrogen-bond acceptors (Lipinski definition) is 2. The van der Waals surface area contributed by atoms with E-state index in [1.807, 2.05) is 0 Å². The van der Waals surface area contributed by atoms with Crippen molar-refractivity contribution >= 4 is 11.8 Å². The number of likely N-dealkylation sites (N-methyl/N-ethyl adjacent to an activating group) is 2. The van der Waals surface area contributed by atoms with Gasteiger partial charge in [-0.05, 0) is 32.1 Å². The Bertz CT molecular complexity index is 309. The van der Waals surface area contributed by atoms with Gasteiger partial charge in [0.25, 0.3) is 0 Å². The van der Waals surface area contributed by atoms with Crippen LogP contribution in [-0.2, 0) is 9.59 Å². The molecule has 0 aromatic heterocycles. The summed E-state index contributed by atoms with van der Waals surface area (Å²) in [5.74, 6) is 0.536. The highest BCUT2D eigenvalue weighted by Crippen LogP contribution is 2.52. The third kappa shape index (κ3) is 2.99. The summed E-state index contributed by atoms with van der Waals surface area (Å²) in [5, 5.41) is 2.58. The molecule has 0 saturated heterocycles. The zero-order chi connectivity index (χ0) is 13.2. The van der Waals surface area contributed by atoms with Crippen molar-refractivity contribution in [1.82, 2.24) is 10.2 Å². The van der Waals surface area contributed by atoms with Gasteiger partial charge in [-0.2, -0.15) is 0 Å². The van der Waals surface area contributed by atoms with Gasteiger partial charge in [0, 0.05) is 19.5 Å². The van der Waals surface area contributed by atoms with Crippen LogP contribution < -0.4 is 5.32 Å². The van der Waals surface area contributed by atoms with Gasteiger partial charge < -0.3 is 10.2 Å². The number of carbonyl (C=O) groups is 2. The van der Waals surface area contributed by atoms with Crippen LogP contribution in [0.3, 0.4) is 0 Å². The van der Waals surface area contributed by atoms with Crippen LogP contribution in [0.15, 0.2) is 0 Å². The van der Waals surface area contributed by atoms with Crippen LogP contribution in [0, 0.1) is 11.3 Å². The van der Waals surface area contributed by atoms with Gasteiger partial charge in [0.1, 0.15) is 6.04 Å². The predicted molar refractivity (Wildman–Crippen MR) is 67.4 cm³/mol. The van der Waals surface area contributed by atoms with Gasteiger partial charge in [0.05, 0.1) is 0 Å². The first-order valence-corrected chi connectivity index (χ1v) is 6.33. The number of nitrogens with zero attached hydrogens (tertiary/aromatic N) is 1. The Labute approximate surface area is 104 Å². The third-order valence-electron chi connectivity index (χ3n) is 3.63. The van der Waals surface area contributed by atoms with E-state index in [1.54, 1.807) is 25.9 Å². The Morgan fingerprint density at radius 1 is 1.29 bits per heavy atom. The van der Waals surface area contributed by atoms with E-state index >= 15 is 0 Å². The van der Waals surface area contributed by atoms with Crippen LogP contribution in [-0.4, -0.2) is 36.9 Å². The molecule has 17 heavy (non-hydrogen) atoms. The fourth-order valence-electron chi connectivity index (χ4n) is 2.37. The number of rotatable bonds is 5. The largest absolute Gasteiger partial charge is 0.357 e. The van der Waals surface area contributed by atoms with Crippen molar-refractivity contribution in [2.75, 3.05) is 14.1 Å². The molecule has 4 nitrogen and oxygen atoms in total. The van der Waals surface area contributed by atoms with E-state index in [4.69, 9.17) is 0 Å². The van der Waals surface area contributed by atoms with Gasteiger partial charge in [0.15, 0.2) is 0 Å². The molecule has 0 unspecified atom stereocenters. The minimum Gasteiger partial charge on any atom is -0.357 e. The summed E-state index contributed by atoms with van der Waals surface area (Å²) in [4.78, 5) is 25.5. The van der Waals surface area contributed by atoms with Gasteiger partial charge in [-0.3, -0.25) is 9.59 Å². The molecule has 0 aromatic rings. The van der Waals surface area contributed by atoms with Gasteiger partial charge in [-0.15, -0.1) is 0 Å². The smallest absolute Gasteiger partial charge is 0.242 e. The number of hydrogen-bond donors (Lipinski definition) is 1. The van der Waals surface area contributed by atoms with Crippen molar-refractivity contribution in [3.8, 4) is 0 Å². The molecule has 0 spiro atoms. The lowest BCUT2D eigenvalue weighted by molar-refractivity contribution is -0.143. The SMILES string of the molecule is CNC(=O)[C@H](C)N(C)C(=O)C1(CC(C)C)CC1. The van der Waals surface area contributed by atoms with Crippen molar-refractivity contribution in [2.24, 2.45) is 11.3 Å². The predicted octanol–water partition coefficient (Wildman–Crippen LogP) is 1.41. The zero-order valence-corrected chi connectivity index (χ0v) is 11.5. The van der Waals surface area contributed by atoms with Crippen molar-refractivity contribution < 1.29 is 9.59 Å². The minimum atomic E-state index is -0.392. The molecule has 0 aromatic carbocycles. The Balaban J connectivity index is 2.67. The first kappa shape index (κ1) is 14.0. The van der Waals surface area contributed by atoms with E-state index in [0.29, 0.717) is 5.92 Å². The van der Waals surface area contributed by atoms with E-state index in [-0.39, 0.29) is 17.2 Å². The second-order valence-electron chi connectivity index (χ2n) is 5.58. The van der Waals surface area contributed by atoms with Crippen LogP contribution in [0.25, 0.3) is 0 Å². The standard InChI is InChI=1S/C13H24N2O2/c1-9(2)8-13(6-7-13)12(17)15(5)10(3)11(16)14-4/h9-10H,6-8H2,1-5H3,(H,14,16)/t10-/m0/s1. The first-order valence-electron chi connectivity index (χ1n) is 6.33. The van der Waals surface area contributed by atoms with Gasteiger partial charge in [0.2, 0.25) is 11.8 Å². The van der Waals surface area contributed by atoms with E-state index < -0.39 is 6.04 Å². The monoisotopic (exact) mass is 240 g/mol. The molecule has 0 heterocycles. The molecule has 98 valence electrons. The maximum Gasteiger partial charge on any atom is 0.242 e. The summed E-state index contributed by atoms with van der Waals surface area (Å²) in [5.41, 5.74) is -0.175. The number of carbonyl (C=O) groups excluding carboxylic acids is 2. The molecule has 1 fully saturated rings. The molecule has 1 rings (SSSR count). The highest BCUT2D eigenvalue weighted by Gasteiger charge is 2.51. The Hall–Kier alpha value is -1.06. The molecule has 0 bridgehead atoms. The van der Waals surface area contributed by atoms with Crippen LogP contribution in [0.1, 0.15) is 40.0 Å². The van der Waals surface area contributed by atoms with E-state index in [9.17, 15) is 9.59 Å². The molecular weight excluding hydrogens is 216 g/mol. The zero-order valence-electron chi connectivity index (χ0n) is 11.5. The quantitative estimate of drug-likeness (QED) is 0.790. The van der Waals surface area contributed by atoms with E-state index in [0.717, 1.165) is 19.3 Å². The van der Waals surface area contributed by atoms with Gasteiger partial charge in [-0.1, -0.05) is 13.8 Å². The maximum absolute atomic E-state index is 12.4. The molecule has 0 aliphatic heterocycles. The van der Waals surface area contributed by atoms with Gasteiger partial charge in [-0.25, -0.2) is 0 Å². The lowest BCUT2D eigenvalue weighted by Gasteiger charge is -2.28. The first-order chi connectivity index (χ1) is 7.84. The molecule has 0 radical (unpaired) electrons. The second-order valence-corrected chi connectivity index (χ2v) is 5.58. The summed E-state index contributed by atoms with van der Waals surface area (Å²) < 4.78 is 0. The summed E-state index contributed by atoms with van der Waals surface area (Å²) in [6.45, 7) is 6.03. The number of amides is 2. The summed E-state index contributed by atoms with van der Waals surface area (Å²) in [6, 6.07) is -0.392. The summed E-state index contributed by atoms with van der Waals surface area (Å²) >= 11 is 0. The summed E-state index contributed by atoms with van der Waals surface area (Å²) in [6.07, 6.45) is 2.86. The molecule has 2 amide bonds. The average Bonchev–Trinajstić information content (AvgIpc) is 3.04. The fourth-order valence-corrected chi connectivity index (χ4v) is 2.37. The van der Waals surface area contributed by atoms with Crippen molar-refractivity contribution in [3.63, 3.8) is 0 Å². The van der Waals surface area contributed by atoms with Crippen molar-refractivity contribution in [2.45, 2.75) is 46.1 Å². The highest BCUT2D eigenvalue weighted by molar-refractivity contribution is 5.91. The van der Waals surface area contributed by atoms with Crippen LogP contribution in [0.2, 0.25) is 0 Å². The lowest BCUT2D eigenvalue weighted by atomic mass is 9.92. The fraction of sp³-hybridized carbons (Fsp3) is 0.846. The lowest BCUT2D eigenvalue weighted by Crippen LogP contribution is -2.47. The Morgan fingerprint density at radius 3 is 2.18 bits per heavy atom. The molecule has 1 atom stereocenters. The minimum absolute atomic E-state index is 0.110. The summed E-state index contributed by atoms with van der Waals surface area (Å²) in [7, 11) is 3.32. The molecular formula is C13H24N2O2. The van der Waals surface area contributed by atoms with Gasteiger partial charge >= 0.3 is 0 Å². The van der Waals surface area contributed by atoms with Crippen LogP contribution in [0.4, 0.5) is 0 Å². The molecule has 1 aliphatic rings. The average molecular weight is 240 g/mol. The van der Waals surface area contributed by atoms with E-state index in [2.05, 4.69) is 19.2 Å². The maximum atomic E-state index is 12.4. The van der Waals surface area contributed by atoms with Crippen LogP contribution in [0.5, 0.6) is 0 Å².